The molecule has 1 aromatic carbocycles. The first-order valence-electron chi connectivity index (χ1n) is 3.86. The maximum absolute atomic E-state index is 13.0. The number of thioether (sulfide) groups is 1. The molecule has 0 aliphatic carbocycles. The molecule has 0 bridgehead atoms. The molecule has 1 nitrogen and oxygen atoms in total. The normalized spacial score (nSPS) is 10.2. The van der Waals surface area contributed by atoms with E-state index in [-0.39, 0.29) is 5.82 Å². The van der Waals surface area contributed by atoms with Gasteiger partial charge in [-0.2, -0.15) is 11.8 Å². The number of hydrogen-bond donors (Lipinski definition) is 1. The molecule has 0 amide bonds. The molecule has 66 valence electrons. The lowest BCUT2D eigenvalue weighted by atomic mass is 10.2. The third-order valence-electron chi connectivity index (χ3n) is 1.48. The second kappa shape index (κ2) is 5.17. The standard InChI is InChI=1S/C9H12FNS/c10-9-4-2-1-3-8(9)7-12-6-5-11/h1-4H,5-7,11H2. The highest BCUT2D eigenvalue weighted by Gasteiger charge is 1.98. The predicted molar refractivity (Wildman–Crippen MR) is 51.6 cm³/mol. The summed E-state index contributed by atoms with van der Waals surface area (Å²) >= 11 is 1.66. The Bertz CT molecular complexity index is 240. The van der Waals surface area contributed by atoms with Gasteiger partial charge in [0.1, 0.15) is 5.82 Å². The van der Waals surface area contributed by atoms with Gasteiger partial charge in [-0.05, 0) is 11.6 Å². The fourth-order valence-electron chi connectivity index (χ4n) is 0.881. The average molecular weight is 185 g/mol. The molecule has 0 aliphatic rings. The van der Waals surface area contributed by atoms with Gasteiger partial charge in [0.25, 0.3) is 0 Å². The van der Waals surface area contributed by atoms with Crippen LogP contribution < -0.4 is 5.73 Å². The van der Waals surface area contributed by atoms with Crippen LogP contribution in [-0.4, -0.2) is 12.3 Å². The molecule has 0 saturated carbocycles. The van der Waals surface area contributed by atoms with Crippen LogP contribution in [0.15, 0.2) is 24.3 Å². The molecule has 1 rings (SSSR count). The van der Waals surface area contributed by atoms with Crippen molar-refractivity contribution in [1.82, 2.24) is 0 Å². The lowest BCUT2D eigenvalue weighted by molar-refractivity contribution is 0.617. The monoisotopic (exact) mass is 185 g/mol. The molecule has 0 radical (unpaired) electrons. The molecule has 0 heterocycles. The maximum atomic E-state index is 13.0. The van der Waals surface area contributed by atoms with E-state index in [2.05, 4.69) is 0 Å². The van der Waals surface area contributed by atoms with Gasteiger partial charge in [0.15, 0.2) is 0 Å². The lowest BCUT2D eigenvalue weighted by Gasteiger charge is -2.00. The molecule has 0 aliphatic heterocycles. The Morgan fingerprint density at radius 2 is 2.08 bits per heavy atom. The second-order valence-corrected chi connectivity index (χ2v) is 3.54. The van der Waals surface area contributed by atoms with Crippen LogP contribution in [0.1, 0.15) is 5.56 Å². The zero-order chi connectivity index (χ0) is 8.81. The van der Waals surface area contributed by atoms with Gasteiger partial charge in [-0.1, -0.05) is 18.2 Å². The number of hydrogen-bond acceptors (Lipinski definition) is 2. The van der Waals surface area contributed by atoms with E-state index in [0.717, 1.165) is 11.3 Å². The summed E-state index contributed by atoms with van der Waals surface area (Å²) in [5.41, 5.74) is 6.08. The third kappa shape index (κ3) is 2.83. The van der Waals surface area contributed by atoms with Crippen LogP contribution in [0, 0.1) is 5.82 Å². The summed E-state index contributed by atoms with van der Waals surface area (Å²) in [6.07, 6.45) is 0. The van der Waals surface area contributed by atoms with Crippen LogP contribution in [0.4, 0.5) is 4.39 Å². The van der Waals surface area contributed by atoms with Crippen molar-refractivity contribution in [3.63, 3.8) is 0 Å². The quantitative estimate of drug-likeness (QED) is 0.726. The molecule has 0 spiro atoms. The minimum absolute atomic E-state index is 0.123. The highest BCUT2D eigenvalue weighted by molar-refractivity contribution is 7.98. The summed E-state index contributed by atoms with van der Waals surface area (Å²) in [6.45, 7) is 0.652. The second-order valence-electron chi connectivity index (χ2n) is 2.43. The van der Waals surface area contributed by atoms with E-state index in [9.17, 15) is 4.39 Å². The van der Waals surface area contributed by atoms with Gasteiger partial charge in [0, 0.05) is 18.1 Å². The van der Waals surface area contributed by atoms with Crippen molar-refractivity contribution in [2.75, 3.05) is 12.3 Å². The summed E-state index contributed by atoms with van der Waals surface area (Å²) in [5, 5.41) is 0. The Morgan fingerprint density at radius 1 is 1.33 bits per heavy atom. The Kier molecular flexibility index (Phi) is 4.11. The highest BCUT2D eigenvalue weighted by atomic mass is 32.2. The van der Waals surface area contributed by atoms with Crippen molar-refractivity contribution < 1.29 is 4.39 Å². The van der Waals surface area contributed by atoms with Gasteiger partial charge >= 0.3 is 0 Å². The van der Waals surface area contributed by atoms with E-state index in [1.165, 1.54) is 6.07 Å². The summed E-state index contributed by atoms with van der Waals surface area (Å²) < 4.78 is 13.0. The first kappa shape index (κ1) is 9.55. The molecular formula is C9H12FNS. The molecule has 2 N–H and O–H groups in total. The van der Waals surface area contributed by atoms with E-state index in [1.807, 2.05) is 6.07 Å². The molecule has 0 saturated heterocycles. The van der Waals surface area contributed by atoms with E-state index >= 15 is 0 Å². The SMILES string of the molecule is NCCSCc1ccccc1F. The minimum atomic E-state index is -0.123. The molecule has 12 heavy (non-hydrogen) atoms. The summed E-state index contributed by atoms with van der Waals surface area (Å²) in [6, 6.07) is 6.84. The van der Waals surface area contributed by atoms with Gasteiger partial charge < -0.3 is 5.73 Å². The van der Waals surface area contributed by atoms with Gasteiger partial charge in [-0.25, -0.2) is 4.39 Å². The van der Waals surface area contributed by atoms with E-state index in [0.29, 0.717) is 12.3 Å². The predicted octanol–water partition coefficient (Wildman–Crippen LogP) is 2.02. The van der Waals surface area contributed by atoms with Crippen molar-refractivity contribution in [2.24, 2.45) is 5.73 Å². The van der Waals surface area contributed by atoms with E-state index in [4.69, 9.17) is 5.73 Å². The van der Waals surface area contributed by atoms with Crippen molar-refractivity contribution in [3.05, 3.63) is 35.6 Å². The number of benzene rings is 1. The summed E-state index contributed by atoms with van der Waals surface area (Å²) in [5.74, 6) is 1.47. The van der Waals surface area contributed by atoms with E-state index < -0.39 is 0 Å². The molecule has 0 atom stereocenters. The number of nitrogens with two attached hydrogens (primary N) is 1. The molecule has 3 heteroatoms. The van der Waals surface area contributed by atoms with Crippen molar-refractivity contribution >= 4 is 11.8 Å². The van der Waals surface area contributed by atoms with Crippen molar-refractivity contribution in [3.8, 4) is 0 Å². The molecule has 0 aromatic heterocycles. The fraction of sp³-hybridized carbons (Fsp3) is 0.333. The van der Waals surface area contributed by atoms with Gasteiger partial charge in [-0.3, -0.25) is 0 Å². The van der Waals surface area contributed by atoms with Gasteiger partial charge in [0.2, 0.25) is 0 Å². The average Bonchev–Trinajstić information content (AvgIpc) is 2.09. The Hall–Kier alpha value is -0.540. The van der Waals surface area contributed by atoms with Crippen molar-refractivity contribution in [1.29, 1.82) is 0 Å². The summed E-state index contributed by atoms with van der Waals surface area (Å²) in [7, 11) is 0. The third-order valence-corrected chi connectivity index (χ3v) is 2.52. The zero-order valence-corrected chi connectivity index (χ0v) is 7.61. The summed E-state index contributed by atoms with van der Waals surface area (Å²) in [4.78, 5) is 0. The van der Waals surface area contributed by atoms with Crippen LogP contribution in [-0.2, 0) is 5.75 Å². The first-order chi connectivity index (χ1) is 5.84. The zero-order valence-electron chi connectivity index (χ0n) is 6.79. The van der Waals surface area contributed by atoms with Crippen molar-refractivity contribution in [2.45, 2.75) is 5.75 Å². The Morgan fingerprint density at radius 3 is 2.75 bits per heavy atom. The Labute approximate surface area is 76.2 Å². The van der Waals surface area contributed by atoms with Crippen LogP contribution in [0.3, 0.4) is 0 Å². The van der Waals surface area contributed by atoms with Gasteiger partial charge in [0.05, 0.1) is 0 Å². The number of halogens is 1. The first-order valence-corrected chi connectivity index (χ1v) is 5.01. The van der Waals surface area contributed by atoms with Crippen LogP contribution in [0.2, 0.25) is 0 Å². The maximum Gasteiger partial charge on any atom is 0.127 e. The number of rotatable bonds is 4. The largest absolute Gasteiger partial charge is 0.330 e. The van der Waals surface area contributed by atoms with Crippen LogP contribution >= 0.6 is 11.8 Å². The molecular weight excluding hydrogens is 173 g/mol. The lowest BCUT2D eigenvalue weighted by Crippen LogP contribution is -2.01. The molecule has 0 fully saturated rings. The highest BCUT2D eigenvalue weighted by Crippen LogP contribution is 2.14. The van der Waals surface area contributed by atoms with E-state index in [1.54, 1.807) is 23.9 Å². The Balaban J connectivity index is 2.46. The molecule has 0 unspecified atom stereocenters. The smallest absolute Gasteiger partial charge is 0.127 e. The molecule has 1 aromatic rings. The van der Waals surface area contributed by atoms with Crippen LogP contribution in [0.5, 0.6) is 0 Å². The topological polar surface area (TPSA) is 26.0 Å². The fourth-order valence-corrected chi connectivity index (χ4v) is 1.65. The van der Waals surface area contributed by atoms with Gasteiger partial charge in [-0.15, -0.1) is 0 Å². The minimum Gasteiger partial charge on any atom is -0.330 e. The van der Waals surface area contributed by atoms with Crippen LogP contribution in [0.25, 0.3) is 0 Å².